The van der Waals surface area contributed by atoms with E-state index in [2.05, 4.69) is 0 Å². The van der Waals surface area contributed by atoms with Gasteiger partial charge in [0.15, 0.2) is 11.6 Å². The number of allylic oxidation sites excluding steroid dienone is 3. The van der Waals surface area contributed by atoms with Crippen molar-refractivity contribution in [1.29, 1.82) is 0 Å². The zero-order valence-electron chi connectivity index (χ0n) is 18.3. The van der Waals surface area contributed by atoms with E-state index in [4.69, 9.17) is 9.47 Å². The van der Waals surface area contributed by atoms with Crippen molar-refractivity contribution in [3.05, 3.63) is 71.8 Å². The highest BCUT2D eigenvalue weighted by Gasteiger charge is 2.16. The lowest BCUT2D eigenvalue weighted by molar-refractivity contribution is -0.118. The van der Waals surface area contributed by atoms with Crippen molar-refractivity contribution in [2.75, 3.05) is 14.2 Å². The van der Waals surface area contributed by atoms with Gasteiger partial charge in [-0.2, -0.15) is 0 Å². The Morgan fingerprint density at radius 3 is 1.87 bits per heavy atom. The van der Waals surface area contributed by atoms with Crippen LogP contribution in [0.3, 0.4) is 0 Å². The van der Waals surface area contributed by atoms with Crippen molar-refractivity contribution >= 4 is 23.2 Å². The minimum absolute atomic E-state index is 0.0159. The molecule has 0 aromatic heterocycles. The number of benzene rings is 2. The second-order valence-corrected chi connectivity index (χ2v) is 7.57. The highest BCUT2D eigenvalue weighted by molar-refractivity contribution is 6.00. The van der Waals surface area contributed by atoms with Gasteiger partial charge >= 0.3 is 0 Å². The van der Waals surface area contributed by atoms with E-state index in [0.29, 0.717) is 6.42 Å². The van der Waals surface area contributed by atoms with Gasteiger partial charge in [0.2, 0.25) is 0 Å². The van der Waals surface area contributed by atoms with Crippen LogP contribution in [0.1, 0.15) is 38.3 Å². The molecule has 2 rings (SSSR count). The molecule has 0 saturated heterocycles. The molecule has 2 aromatic rings. The van der Waals surface area contributed by atoms with Crippen LogP contribution in [0.2, 0.25) is 0 Å². The SMILES string of the molecule is COc1ccc(C=CC(=O)C(C)CC(=CC(=O)C(C)C)c2ccc(OC)cc2)cc1. The first-order chi connectivity index (χ1) is 14.3. The Bertz CT molecular complexity index is 903. The lowest BCUT2D eigenvalue weighted by atomic mass is 9.90. The van der Waals surface area contributed by atoms with Crippen LogP contribution < -0.4 is 9.47 Å². The van der Waals surface area contributed by atoms with Crippen molar-refractivity contribution in [1.82, 2.24) is 0 Å². The third kappa shape index (κ3) is 6.73. The maximum absolute atomic E-state index is 12.7. The van der Waals surface area contributed by atoms with Crippen molar-refractivity contribution in [3.63, 3.8) is 0 Å². The minimum Gasteiger partial charge on any atom is -0.497 e. The lowest BCUT2D eigenvalue weighted by Gasteiger charge is -2.14. The summed E-state index contributed by atoms with van der Waals surface area (Å²) < 4.78 is 10.4. The number of carbonyl (C=O) groups is 2. The zero-order valence-corrected chi connectivity index (χ0v) is 18.3. The maximum Gasteiger partial charge on any atom is 0.158 e. The number of carbonyl (C=O) groups excluding carboxylic acids is 2. The molecule has 1 atom stereocenters. The Balaban J connectivity index is 2.17. The number of ether oxygens (including phenoxy) is 2. The van der Waals surface area contributed by atoms with Crippen LogP contribution in [-0.4, -0.2) is 25.8 Å². The van der Waals surface area contributed by atoms with Gasteiger partial charge in [-0.05, 0) is 59.5 Å². The first kappa shape index (κ1) is 23.1. The molecule has 0 heterocycles. The summed E-state index contributed by atoms with van der Waals surface area (Å²) in [5.74, 6) is 1.24. The quantitative estimate of drug-likeness (QED) is 0.481. The van der Waals surface area contributed by atoms with Crippen LogP contribution in [0.25, 0.3) is 11.6 Å². The van der Waals surface area contributed by atoms with Crippen LogP contribution in [0, 0.1) is 11.8 Å². The van der Waals surface area contributed by atoms with Crippen molar-refractivity contribution < 1.29 is 19.1 Å². The van der Waals surface area contributed by atoms with E-state index in [-0.39, 0.29) is 23.4 Å². The number of ketones is 2. The van der Waals surface area contributed by atoms with Gasteiger partial charge in [0.1, 0.15) is 11.5 Å². The lowest BCUT2D eigenvalue weighted by Crippen LogP contribution is -2.10. The smallest absolute Gasteiger partial charge is 0.158 e. The van der Waals surface area contributed by atoms with Gasteiger partial charge in [0.05, 0.1) is 14.2 Å². The molecule has 0 spiro atoms. The predicted octanol–water partition coefficient (Wildman–Crippen LogP) is 5.62. The molecule has 0 fully saturated rings. The van der Waals surface area contributed by atoms with E-state index in [9.17, 15) is 9.59 Å². The van der Waals surface area contributed by atoms with E-state index >= 15 is 0 Å². The Labute approximate surface area is 179 Å². The molecular formula is C26H30O4. The average molecular weight is 407 g/mol. The molecule has 0 saturated carbocycles. The molecule has 0 N–H and O–H groups in total. The fraction of sp³-hybridized carbons (Fsp3) is 0.308. The number of hydrogen-bond donors (Lipinski definition) is 0. The Morgan fingerprint density at radius 2 is 1.37 bits per heavy atom. The molecule has 30 heavy (non-hydrogen) atoms. The monoisotopic (exact) mass is 406 g/mol. The molecule has 0 radical (unpaired) electrons. The molecular weight excluding hydrogens is 376 g/mol. The number of rotatable bonds is 10. The fourth-order valence-corrected chi connectivity index (χ4v) is 2.89. The van der Waals surface area contributed by atoms with Crippen LogP contribution in [-0.2, 0) is 9.59 Å². The summed E-state index contributed by atoms with van der Waals surface area (Å²) in [5, 5.41) is 0. The second kappa shape index (κ2) is 11.1. The van der Waals surface area contributed by atoms with Crippen LogP contribution in [0.5, 0.6) is 11.5 Å². The molecule has 0 amide bonds. The molecule has 0 bridgehead atoms. The van der Waals surface area contributed by atoms with Crippen LogP contribution in [0.15, 0.2) is 60.7 Å². The first-order valence-corrected chi connectivity index (χ1v) is 10.1. The third-order valence-corrected chi connectivity index (χ3v) is 4.91. The van der Waals surface area contributed by atoms with Crippen molar-refractivity contribution in [2.24, 2.45) is 11.8 Å². The summed E-state index contributed by atoms with van der Waals surface area (Å²) in [6.07, 6.45) is 5.55. The van der Waals surface area contributed by atoms with Crippen LogP contribution >= 0.6 is 0 Å². The first-order valence-electron chi connectivity index (χ1n) is 10.1. The second-order valence-electron chi connectivity index (χ2n) is 7.57. The van der Waals surface area contributed by atoms with Gasteiger partial charge in [0.25, 0.3) is 0 Å². The van der Waals surface area contributed by atoms with Gasteiger partial charge in [-0.3, -0.25) is 9.59 Å². The fourth-order valence-electron chi connectivity index (χ4n) is 2.89. The summed E-state index contributed by atoms with van der Waals surface area (Å²) in [4.78, 5) is 25.0. The highest BCUT2D eigenvalue weighted by atomic mass is 16.5. The van der Waals surface area contributed by atoms with E-state index in [1.54, 1.807) is 32.4 Å². The third-order valence-electron chi connectivity index (χ3n) is 4.91. The van der Waals surface area contributed by atoms with Gasteiger partial charge in [-0.15, -0.1) is 0 Å². The Morgan fingerprint density at radius 1 is 0.833 bits per heavy atom. The summed E-state index contributed by atoms with van der Waals surface area (Å²) >= 11 is 0. The largest absolute Gasteiger partial charge is 0.497 e. The van der Waals surface area contributed by atoms with E-state index < -0.39 is 0 Å². The highest BCUT2D eigenvalue weighted by Crippen LogP contribution is 2.26. The molecule has 4 nitrogen and oxygen atoms in total. The molecule has 2 aromatic carbocycles. The minimum atomic E-state index is -0.257. The topological polar surface area (TPSA) is 52.6 Å². The molecule has 0 aliphatic carbocycles. The maximum atomic E-state index is 12.7. The number of methoxy groups -OCH3 is 2. The summed E-state index contributed by atoms with van der Waals surface area (Å²) in [6, 6.07) is 15.1. The van der Waals surface area contributed by atoms with Crippen LogP contribution in [0.4, 0.5) is 0 Å². The molecule has 4 heteroatoms. The molecule has 0 aliphatic rings. The normalized spacial score (nSPS) is 12.8. The van der Waals surface area contributed by atoms with Gasteiger partial charge in [0, 0.05) is 11.8 Å². The number of hydrogen-bond acceptors (Lipinski definition) is 4. The zero-order chi connectivity index (χ0) is 22.1. The molecule has 1 unspecified atom stereocenters. The summed E-state index contributed by atoms with van der Waals surface area (Å²) in [5.41, 5.74) is 2.70. The van der Waals surface area contributed by atoms with Crippen molar-refractivity contribution in [2.45, 2.75) is 27.2 Å². The van der Waals surface area contributed by atoms with E-state index in [0.717, 1.165) is 28.2 Å². The standard InChI is InChI=1S/C26H30O4/c1-18(2)26(28)17-22(21-9-13-24(30-5)14-10-21)16-19(3)25(27)15-8-20-6-11-23(29-4)12-7-20/h6-15,17-19H,16H2,1-5H3. The molecule has 158 valence electrons. The van der Waals surface area contributed by atoms with Gasteiger partial charge in [-0.25, -0.2) is 0 Å². The van der Waals surface area contributed by atoms with Gasteiger partial charge in [-0.1, -0.05) is 51.1 Å². The molecule has 0 aliphatic heterocycles. The van der Waals surface area contributed by atoms with Gasteiger partial charge < -0.3 is 9.47 Å². The Hall–Kier alpha value is -3.14. The predicted molar refractivity (Wildman–Crippen MR) is 122 cm³/mol. The average Bonchev–Trinajstić information content (AvgIpc) is 2.77. The Kier molecular flexibility index (Phi) is 8.60. The van der Waals surface area contributed by atoms with E-state index in [1.807, 2.05) is 69.3 Å². The summed E-state index contributed by atoms with van der Waals surface area (Å²) in [6.45, 7) is 5.63. The van der Waals surface area contributed by atoms with E-state index in [1.165, 1.54) is 0 Å². The summed E-state index contributed by atoms with van der Waals surface area (Å²) in [7, 11) is 3.23. The van der Waals surface area contributed by atoms with Crippen molar-refractivity contribution in [3.8, 4) is 11.5 Å².